The zero-order chi connectivity index (χ0) is 23.3. The van der Waals surface area contributed by atoms with Crippen molar-refractivity contribution in [2.75, 3.05) is 34.4 Å². The van der Waals surface area contributed by atoms with Crippen molar-refractivity contribution >= 4 is 11.8 Å². The van der Waals surface area contributed by atoms with E-state index in [-0.39, 0.29) is 17.7 Å². The van der Waals surface area contributed by atoms with Gasteiger partial charge in [-0.2, -0.15) is 0 Å². The molecule has 7 heteroatoms. The number of carbonyl (C=O) groups excluding carboxylic acids is 2. The van der Waals surface area contributed by atoms with Crippen LogP contribution < -0.4 is 19.5 Å². The molecule has 0 aromatic heterocycles. The van der Waals surface area contributed by atoms with E-state index in [9.17, 15) is 9.59 Å². The van der Waals surface area contributed by atoms with E-state index in [0.29, 0.717) is 42.4 Å². The molecule has 3 rings (SSSR count). The number of hydrogen-bond acceptors (Lipinski definition) is 5. The second-order valence-electron chi connectivity index (χ2n) is 8.22. The van der Waals surface area contributed by atoms with Gasteiger partial charge in [0.05, 0.1) is 27.2 Å². The van der Waals surface area contributed by atoms with Crippen molar-refractivity contribution < 1.29 is 23.8 Å². The summed E-state index contributed by atoms with van der Waals surface area (Å²) in [5.74, 6) is 1.28. The van der Waals surface area contributed by atoms with Crippen molar-refractivity contribution in [3.63, 3.8) is 0 Å². The molecule has 0 saturated carbocycles. The maximum atomic E-state index is 13.0. The van der Waals surface area contributed by atoms with Crippen LogP contribution in [0.15, 0.2) is 30.3 Å². The Bertz CT molecular complexity index is 943. The van der Waals surface area contributed by atoms with Crippen LogP contribution in [-0.4, -0.2) is 51.1 Å². The number of piperidine rings is 1. The predicted molar refractivity (Wildman–Crippen MR) is 122 cm³/mol. The maximum absolute atomic E-state index is 13.0. The van der Waals surface area contributed by atoms with Gasteiger partial charge in [-0.25, -0.2) is 0 Å². The van der Waals surface area contributed by atoms with Crippen LogP contribution in [0.5, 0.6) is 17.2 Å². The first-order valence-corrected chi connectivity index (χ1v) is 10.8. The number of amides is 2. The van der Waals surface area contributed by atoms with Crippen LogP contribution >= 0.6 is 0 Å². The molecule has 1 saturated heterocycles. The van der Waals surface area contributed by atoms with E-state index in [4.69, 9.17) is 14.2 Å². The molecule has 2 aromatic carbocycles. The standard InChI is InChI=1S/C25H32N2O5/c1-16-9-17(2)11-20(10-16)25(29)27-8-6-7-19(15-27)24(28)26-14-18-12-21(30-3)23(32-5)22(13-18)31-4/h9-13,19H,6-8,14-15H2,1-5H3,(H,26,28)/t19-/m1/s1. The number of benzene rings is 2. The monoisotopic (exact) mass is 440 g/mol. The highest BCUT2D eigenvalue weighted by Crippen LogP contribution is 2.38. The molecule has 1 N–H and O–H groups in total. The summed E-state index contributed by atoms with van der Waals surface area (Å²) in [5.41, 5.74) is 3.64. The lowest BCUT2D eigenvalue weighted by Gasteiger charge is -2.32. The summed E-state index contributed by atoms with van der Waals surface area (Å²) in [6, 6.07) is 9.50. The van der Waals surface area contributed by atoms with Gasteiger partial charge in [-0.05, 0) is 56.5 Å². The fourth-order valence-electron chi connectivity index (χ4n) is 4.23. The lowest BCUT2D eigenvalue weighted by atomic mass is 9.96. The predicted octanol–water partition coefficient (Wildman–Crippen LogP) is 3.50. The Balaban J connectivity index is 1.65. The van der Waals surface area contributed by atoms with Gasteiger partial charge in [0.15, 0.2) is 11.5 Å². The number of carbonyl (C=O) groups is 2. The number of nitrogens with one attached hydrogen (secondary N) is 1. The van der Waals surface area contributed by atoms with Crippen LogP contribution in [-0.2, 0) is 11.3 Å². The molecule has 0 bridgehead atoms. The van der Waals surface area contributed by atoms with E-state index in [1.165, 1.54) is 0 Å². The van der Waals surface area contributed by atoms with Crippen molar-refractivity contribution in [1.29, 1.82) is 0 Å². The smallest absolute Gasteiger partial charge is 0.253 e. The SMILES string of the molecule is COc1cc(CNC(=O)[C@@H]2CCCN(C(=O)c3cc(C)cc(C)c3)C2)cc(OC)c1OC. The van der Waals surface area contributed by atoms with E-state index in [1.807, 2.05) is 44.2 Å². The van der Waals surface area contributed by atoms with E-state index < -0.39 is 0 Å². The molecule has 1 aliphatic rings. The zero-order valence-electron chi connectivity index (χ0n) is 19.5. The van der Waals surface area contributed by atoms with Gasteiger partial charge < -0.3 is 24.4 Å². The third-order valence-corrected chi connectivity index (χ3v) is 5.74. The molecule has 1 aliphatic heterocycles. The summed E-state index contributed by atoms with van der Waals surface area (Å²) in [5, 5.41) is 3.00. The van der Waals surface area contributed by atoms with E-state index in [1.54, 1.807) is 26.2 Å². The molecule has 0 unspecified atom stereocenters. The molecule has 172 valence electrons. The highest BCUT2D eigenvalue weighted by atomic mass is 16.5. The summed E-state index contributed by atoms with van der Waals surface area (Å²) >= 11 is 0. The summed E-state index contributed by atoms with van der Waals surface area (Å²) in [6.45, 7) is 5.39. The Morgan fingerprint density at radius 1 is 0.969 bits per heavy atom. The summed E-state index contributed by atoms with van der Waals surface area (Å²) in [7, 11) is 4.67. The first-order chi connectivity index (χ1) is 15.4. The van der Waals surface area contributed by atoms with Crippen LogP contribution in [0.4, 0.5) is 0 Å². The fourth-order valence-corrected chi connectivity index (χ4v) is 4.23. The quantitative estimate of drug-likeness (QED) is 0.713. The Morgan fingerprint density at radius 2 is 1.59 bits per heavy atom. The molecule has 32 heavy (non-hydrogen) atoms. The first-order valence-electron chi connectivity index (χ1n) is 10.8. The fraction of sp³-hybridized carbons (Fsp3) is 0.440. The molecule has 0 radical (unpaired) electrons. The van der Waals surface area contributed by atoms with Gasteiger partial charge in [0.1, 0.15) is 0 Å². The number of hydrogen-bond donors (Lipinski definition) is 1. The molecule has 1 fully saturated rings. The van der Waals surface area contributed by atoms with Crippen molar-refractivity contribution in [2.45, 2.75) is 33.2 Å². The minimum Gasteiger partial charge on any atom is -0.493 e. The van der Waals surface area contributed by atoms with Gasteiger partial charge in [0.25, 0.3) is 5.91 Å². The average Bonchev–Trinajstić information content (AvgIpc) is 2.80. The molecular formula is C25H32N2O5. The Morgan fingerprint density at radius 3 is 2.16 bits per heavy atom. The molecular weight excluding hydrogens is 408 g/mol. The van der Waals surface area contributed by atoms with Gasteiger partial charge in [-0.1, -0.05) is 17.2 Å². The highest BCUT2D eigenvalue weighted by Gasteiger charge is 2.29. The molecule has 2 amide bonds. The number of methoxy groups -OCH3 is 3. The number of nitrogens with zero attached hydrogens (tertiary/aromatic N) is 1. The van der Waals surface area contributed by atoms with Crippen LogP contribution in [0.25, 0.3) is 0 Å². The minimum atomic E-state index is -0.236. The second kappa shape index (κ2) is 10.4. The maximum Gasteiger partial charge on any atom is 0.253 e. The summed E-state index contributed by atoms with van der Waals surface area (Å²) < 4.78 is 16.1. The zero-order valence-corrected chi connectivity index (χ0v) is 19.5. The van der Waals surface area contributed by atoms with E-state index >= 15 is 0 Å². The lowest BCUT2D eigenvalue weighted by molar-refractivity contribution is -0.126. The van der Waals surface area contributed by atoms with Crippen LogP contribution in [0.2, 0.25) is 0 Å². The van der Waals surface area contributed by atoms with Crippen LogP contribution in [0.1, 0.15) is 39.9 Å². The number of ether oxygens (including phenoxy) is 3. The van der Waals surface area contributed by atoms with E-state index in [0.717, 1.165) is 29.5 Å². The van der Waals surface area contributed by atoms with Gasteiger partial charge in [-0.3, -0.25) is 9.59 Å². The third-order valence-electron chi connectivity index (χ3n) is 5.74. The van der Waals surface area contributed by atoms with E-state index in [2.05, 4.69) is 5.32 Å². The van der Waals surface area contributed by atoms with Crippen molar-refractivity contribution in [3.8, 4) is 17.2 Å². The van der Waals surface area contributed by atoms with Crippen LogP contribution in [0.3, 0.4) is 0 Å². The minimum absolute atomic E-state index is 0.0149. The summed E-state index contributed by atoms with van der Waals surface area (Å²) in [6.07, 6.45) is 1.57. The molecule has 0 aliphatic carbocycles. The van der Waals surface area contributed by atoms with Gasteiger partial charge in [-0.15, -0.1) is 0 Å². The molecule has 1 atom stereocenters. The van der Waals surface area contributed by atoms with Crippen LogP contribution in [0, 0.1) is 19.8 Å². The largest absolute Gasteiger partial charge is 0.493 e. The van der Waals surface area contributed by atoms with Gasteiger partial charge >= 0.3 is 0 Å². The third kappa shape index (κ3) is 5.33. The van der Waals surface area contributed by atoms with Crippen molar-refractivity contribution in [1.82, 2.24) is 10.2 Å². The van der Waals surface area contributed by atoms with Crippen molar-refractivity contribution in [3.05, 3.63) is 52.6 Å². The topological polar surface area (TPSA) is 77.1 Å². The number of aryl methyl sites for hydroxylation is 2. The average molecular weight is 441 g/mol. The molecule has 0 spiro atoms. The molecule has 1 heterocycles. The first kappa shape index (κ1) is 23.4. The Kier molecular flexibility index (Phi) is 7.62. The number of rotatable bonds is 7. The highest BCUT2D eigenvalue weighted by molar-refractivity contribution is 5.95. The molecule has 2 aromatic rings. The Labute approximate surface area is 189 Å². The van der Waals surface area contributed by atoms with Gasteiger partial charge in [0.2, 0.25) is 11.7 Å². The molecule has 7 nitrogen and oxygen atoms in total. The number of likely N-dealkylation sites (tertiary alicyclic amines) is 1. The second-order valence-corrected chi connectivity index (χ2v) is 8.22. The normalized spacial score (nSPS) is 15.8. The van der Waals surface area contributed by atoms with Crippen molar-refractivity contribution in [2.24, 2.45) is 5.92 Å². The Hall–Kier alpha value is -3.22. The lowest BCUT2D eigenvalue weighted by Crippen LogP contribution is -2.45. The summed E-state index contributed by atoms with van der Waals surface area (Å²) in [4.78, 5) is 27.7. The van der Waals surface area contributed by atoms with Gasteiger partial charge in [0, 0.05) is 25.2 Å².